The molecule has 1 atom stereocenters. The molecule has 30 heavy (non-hydrogen) atoms. The number of hydrogen-bond donors (Lipinski definition) is 2. The van der Waals surface area contributed by atoms with E-state index in [2.05, 4.69) is 32.1 Å². The molecular formula is C19H26ClN5O3S2. The predicted octanol–water partition coefficient (Wildman–Crippen LogP) is 3.38. The van der Waals surface area contributed by atoms with Crippen LogP contribution in [-0.4, -0.2) is 55.1 Å². The van der Waals surface area contributed by atoms with Gasteiger partial charge in [-0.15, -0.1) is 10.2 Å². The number of aromatic nitrogens is 2. The topological polar surface area (TPSA) is 104 Å². The Labute approximate surface area is 186 Å². The molecule has 0 saturated carbocycles. The summed E-state index contributed by atoms with van der Waals surface area (Å²) in [7, 11) is -3.76. The number of hydrogen-bond acceptors (Lipinski definition) is 7. The highest BCUT2D eigenvalue weighted by atomic mass is 35.5. The Balaban J connectivity index is 1.49. The predicted molar refractivity (Wildman–Crippen MR) is 119 cm³/mol. The van der Waals surface area contributed by atoms with E-state index in [1.165, 1.54) is 19.3 Å². The van der Waals surface area contributed by atoms with Gasteiger partial charge in [0.2, 0.25) is 9.47 Å². The molecule has 1 amide bonds. The maximum absolute atomic E-state index is 12.5. The first-order chi connectivity index (χ1) is 14.4. The molecule has 1 aromatic carbocycles. The Morgan fingerprint density at radius 3 is 2.77 bits per heavy atom. The number of nitrogens with zero attached hydrogens (tertiary/aromatic N) is 3. The molecular weight excluding hydrogens is 446 g/mol. The van der Waals surface area contributed by atoms with E-state index in [4.69, 9.17) is 11.6 Å². The summed E-state index contributed by atoms with van der Waals surface area (Å²) in [6.45, 7) is 4.49. The molecule has 2 heterocycles. The van der Waals surface area contributed by atoms with Crippen LogP contribution in [0.25, 0.3) is 0 Å². The lowest BCUT2D eigenvalue weighted by Crippen LogP contribution is -2.40. The van der Waals surface area contributed by atoms with E-state index in [1.54, 1.807) is 24.3 Å². The average molecular weight is 472 g/mol. The van der Waals surface area contributed by atoms with E-state index in [0.717, 1.165) is 37.3 Å². The second kappa shape index (κ2) is 10.6. The van der Waals surface area contributed by atoms with Crippen molar-refractivity contribution >= 4 is 44.0 Å². The van der Waals surface area contributed by atoms with Crippen molar-refractivity contribution in [3.63, 3.8) is 0 Å². The molecule has 1 saturated heterocycles. The van der Waals surface area contributed by atoms with E-state index in [0.29, 0.717) is 23.2 Å². The minimum Gasteiger partial charge on any atom is -0.300 e. The van der Waals surface area contributed by atoms with Gasteiger partial charge in [-0.05, 0) is 63.0 Å². The van der Waals surface area contributed by atoms with Crippen molar-refractivity contribution < 1.29 is 13.2 Å². The quantitative estimate of drug-likeness (QED) is 0.429. The lowest BCUT2D eigenvalue weighted by Gasteiger charge is -2.35. The maximum Gasteiger partial charge on any atom is 0.269 e. The summed E-state index contributed by atoms with van der Waals surface area (Å²) < 4.78 is 27.3. The molecule has 2 N–H and O–H groups in total. The zero-order valence-corrected chi connectivity index (χ0v) is 19.2. The molecule has 0 unspecified atom stereocenters. The second-order valence-electron chi connectivity index (χ2n) is 7.18. The molecule has 3 rings (SSSR count). The van der Waals surface area contributed by atoms with Crippen molar-refractivity contribution in [2.75, 3.05) is 25.0 Å². The fourth-order valence-electron chi connectivity index (χ4n) is 3.51. The normalized spacial score (nSPS) is 17.7. The smallest absolute Gasteiger partial charge is 0.269 e. The summed E-state index contributed by atoms with van der Waals surface area (Å²) in [5, 5.41) is 10.7. The monoisotopic (exact) mass is 471 g/mol. The zero-order valence-electron chi connectivity index (χ0n) is 16.8. The molecule has 8 nitrogen and oxygen atoms in total. The standard InChI is InChI=1S/C19H26ClN5O3S2/c1-2-16-6-3-4-12-25(16)13-5-11-21-30(27,28)19-24-23-18(29-19)22-17(26)14-7-9-15(20)10-8-14/h7-10,16,21H,2-6,11-13H2,1H3,(H,22,23,26)/t16-/m0/s1. The minimum atomic E-state index is -3.76. The number of sulfonamides is 1. The van der Waals surface area contributed by atoms with Gasteiger partial charge in [-0.3, -0.25) is 10.1 Å². The lowest BCUT2D eigenvalue weighted by atomic mass is 10.00. The van der Waals surface area contributed by atoms with Gasteiger partial charge in [-0.25, -0.2) is 13.1 Å². The van der Waals surface area contributed by atoms with E-state index in [1.807, 2.05) is 0 Å². The van der Waals surface area contributed by atoms with Crippen LogP contribution >= 0.6 is 22.9 Å². The summed E-state index contributed by atoms with van der Waals surface area (Å²) >= 11 is 6.63. The molecule has 0 bridgehead atoms. The van der Waals surface area contributed by atoms with Gasteiger partial charge in [0.25, 0.3) is 15.9 Å². The lowest BCUT2D eigenvalue weighted by molar-refractivity contribution is 0.102. The van der Waals surface area contributed by atoms with Crippen LogP contribution in [0.1, 0.15) is 49.4 Å². The third-order valence-electron chi connectivity index (χ3n) is 5.10. The number of halogens is 1. The number of carbonyl (C=O) groups excluding carboxylic acids is 1. The van der Waals surface area contributed by atoms with Crippen LogP contribution in [0.5, 0.6) is 0 Å². The second-order valence-corrected chi connectivity index (χ2v) is 10.5. The Bertz CT molecular complexity index is 949. The zero-order chi connectivity index (χ0) is 21.6. The highest BCUT2D eigenvalue weighted by Gasteiger charge is 2.22. The van der Waals surface area contributed by atoms with Gasteiger partial charge in [-0.2, -0.15) is 0 Å². The minimum absolute atomic E-state index is 0.120. The van der Waals surface area contributed by atoms with Crippen molar-refractivity contribution in [1.82, 2.24) is 19.8 Å². The van der Waals surface area contributed by atoms with Gasteiger partial charge in [-0.1, -0.05) is 36.3 Å². The fourth-order valence-corrected chi connectivity index (χ4v) is 5.64. The molecule has 1 aliphatic rings. The Kier molecular flexibility index (Phi) is 8.18. The first-order valence-electron chi connectivity index (χ1n) is 10.0. The van der Waals surface area contributed by atoms with Gasteiger partial charge < -0.3 is 4.90 Å². The van der Waals surface area contributed by atoms with Crippen molar-refractivity contribution in [3.8, 4) is 0 Å². The average Bonchev–Trinajstić information content (AvgIpc) is 3.21. The van der Waals surface area contributed by atoms with Crippen LogP contribution in [0, 0.1) is 0 Å². The molecule has 0 aliphatic carbocycles. The van der Waals surface area contributed by atoms with Crippen molar-refractivity contribution in [1.29, 1.82) is 0 Å². The molecule has 1 aliphatic heterocycles. The SMILES string of the molecule is CC[C@H]1CCCCN1CCCNS(=O)(=O)c1nnc(NC(=O)c2ccc(Cl)cc2)s1. The first-order valence-corrected chi connectivity index (χ1v) is 12.7. The number of piperidine rings is 1. The molecule has 1 aromatic heterocycles. The Morgan fingerprint density at radius 1 is 1.27 bits per heavy atom. The van der Waals surface area contributed by atoms with E-state index in [9.17, 15) is 13.2 Å². The molecule has 0 radical (unpaired) electrons. The number of nitrogens with one attached hydrogen (secondary N) is 2. The number of rotatable bonds is 9. The highest BCUT2D eigenvalue weighted by molar-refractivity contribution is 7.91. The van der Waals surface area contributed by atoms with Gasteiger partial charge in [0.1, 0.15) is 0 Å². The first kappa shape index (κ1) is 23.1. The van der Waals surface area contributed by atoms with Gasteiger partial charge in [0.05, 0.1) is 0 Å². The summed E-state index contributed by atoms with van der Waals surface area (Å²) in [4.78, 5) is 14.7. The van der Waals surface area contributed by atoms with Crippen LogP contribution in [0.2, 0.25) is 5.02 Å². The summed E-state index contributed by atoms with van der Waals surface area (Å²) in [6, 6.07) is 6.95. The largest absolute Gasteiger partial charge is 0.300 e. The van der Waals surface area contributed by atoms with Crippen molar-refractivity contribution in [3.05, 3.63) is 34.9 Å². The molecule has 2 aromatic rings. The van der Waals surface area contributed by atoms with Crippen LogP contribution in [0.3, 0.4) is 0 Å². The summed E-state index contributed by atoms with van der Waals surface area (Å²) in [6.07, 6.45) is 5.56. The highest BCUT2D eigenvalue weighted by Crippen LogP contribution is 2.21. The molecule has 1 fully saturated rings. The third-order valence-corrected chi connectivity index (χ3v) is 8.02. The van der Waals surface area contributed by atoms with E-state index < -0.39 is 15.9 Å². The van der Waals surface area contributed by atoms with Crippen LogP contribution < -0.4 is 10.0 Å². The number of amides is 1. The number of anilines is 1. The maximum atomic E-state index is 12.5. The van der Waals surface area contributed by atoms with Gasteiger partial charge in [0, 0.05) is 23.2 Å². The number of benzene rings is 1. The number of carbonyl (C=O) groups is 1. The molecule has 0 spiro atoms. The van der Waals surface area contributed by atoms with Crippen LogP contribution in [0.4, 0.5) is 5.13 Å². The van der Waals surface area contributed by atoms with Crippen LogP contribution in [0.15, 0.2) is 28.6 Å². The van der Waals surface area contributed by atoms with Crippen molar-refractivity contribution in [2.24, 2.45) is 0 Å². The van der Waals surface area contributed by atoms with Gasteiger partial charge in [0.15, 0.2) is 0 Å². The number of likely N-dealkylation sites (tertiary alicyclic amines) is 1. The van der Waals surface area contributed by atoms with E-state index in [-0.39, 0.29) is 9.47 Å². The third kappa shape index (κ3) is 6.21. The van der Waals surface area contributed by atoms with E-state index >= 15 is 0 Å². The molecule has 11 heteroatoms. The Morgan fingerprint density at radius 2 is 2.03 bits per heavy atom. The summed E-state index contributed by atoms with van der Waals surface area (Å²) in [5.41, 5.74) is 0.389. The molecule has 164 valence electrons. The van der Waals surface area contributed by atoms with Gasteiger partial charge >= 0.3 is 0 Å². The van der Waals surface area contributed by atoms with Crippen LogP contribution in [-0.2, 0) is 10.0 Å². The van der Waals surface area contributed by atoms with Crippen molar-refractivity contribution in [2.45, 2.75) is 49.4 Å². The Hall–Kier alpha value is -1.59. The fraction of sp³-hybridized carbons (Fsp3) is 0.526. The summed E-state index contributed by atoms with van der Waals surface area (Å²) in [5.74, 6) is -0.410.